The van der Waals surface area contributed by atoms with E-state index in [-0.39, 0.29) is 23.1 Å². The van der Waals surface area contributed by atoms with Crippen molar-refractivity contribution in [3.05, 3.63) is 58.5 Å². The number of ether oxygens (including phenoxy) is 1. The van der Waals surface area contributed by atoms with Crippen LogP contribution >= 0.6 is 0 Å². The van der Waals surface area contributed by atoms with Crippen molar-refractivity contribution in [3.63, 3.8) is 0 Å². The maximum atomic E-state index is 13.2. The minimum Gasteiger partial charge on any atom is -0.495 e. The number of hydrogen-bond acceptors (Lipinski definition) is 5. The highest BCUT2D eigenvalue weighted by Gasteiger charge is 2.25. The molecule has 8 heteroatoms. The summed E-state index contributed by atoms with van der Waals surface area (Å²) < 4.78 is 6.77. The molecule has 166 valence electrons. The number of carbonyl (C=O) groups is 2. The van der Waals surface area contributed by atoms with Crippen LogP contribution in [-0.4, -0.2) is 35.2 Å². The Kier molecular flexibility index (Phi) is 5.94. The summed E-state index contributed by atoms with van der Waals surface area (Å²) >= 11 is 0. The summed E-state index contributed by atoms with van der Waals surface area (Å²) in [6, 6.07) is 12.1. The Morgan fingerprint density at radius 2 is 1.91 bits per heavy atom. The number of hydrogen-bond donors (Lipinski definition) is 1. The lowest BCUT2D eigenvalue weighted by Gasteiger charge is -2.20. The summed E-state index contributed by atoms with van der Waals surface area (Å²) in [5, 5.41) is 8.20. The molecule has 32 heavy (non-hydrogen) atoms. The number of aromatic nitrogens is 2. The van der Waals surface area contributed by atoms with E-state index in [9.17, 15) is 14.4 Å². The molecule has 1 aliphatic rings. The van der Waals surface area contributed by atoms with Gasteiger partial charge in [-0.05, 0) is 36.6 Å². The average Bonchev–Trinajstić information content (AvgIpc) is 3.21. The van der Waals surface area contributed by atoms with Crippen molar-refractivity contribution in [2.24, 2.45) is 5.92 Å². The van der Waals surface area contributed by atoms with Gasteiger partial charge in [0.1, 0.15) is 5.75 Å². The minimum atomic E-state index is -0.428. The van der Waals surface area contributed by atoms with Crippen molar-refractivity contribution in [1.29, 1.82) is 0 Å². The molecule has 0 unspecified atom stereocenters. The van der Waals surface area contributed by atoms with Crippen LogP contribution in [0.2, 0.25) is 0 Å². The first-order valence-electron chi connectivity index (χ1n) is 10.7. The first-order valence-corrected chi connectivity index (χ1v) is 10.7. The smallest absolute Gasteiger partial charge is 0.276 e. The number of nitrogens with one attached hydrogen (secondary N) is 1. The van der Waals surface area contributed by atoms with Crippen LogP contribution in [0.1, 0.15) is 37.2 Å². The molecule has 0 aliphatic carbocycles. The van der Waals surface area contributed by atoms with Gasteiger partial charge in [-0.3, -0.25) is 14.4 Å². The molecule has 1 aromatic heterocycles. The summed E-state index contributed by atoms with van der Waals surface area (Å²) in [5.41, 5.74) is 1.09. The van der Waals surface area contributed by atoms with E-state index in [0.717, 1.165) is 6.42 Å². The number of anilines is 2. The number of methoxy groups -OCH3 is 1. The zero-order valence-electron chi connectivity index (χ0n) is 18.4. The van der Waals surface area contributed by atoms with Crippen LogP contribution in [0.4, 0.5) is 11.4 Å². The Morgan fingerprint density at radius 3 is 2.56 bits per heavy atom. The van der Waals surface area contributed by atoms with Gasteiger partial charge in [-0.1, -0.05) is 32.0 Å². The van der Waals surface area contributed by atoms with E-state index in [2.05, 4.69) is 10.4 Å². The quantitative estimate of drug-likeness (QED) is 0.641. The summed E-state index contributed by atoms with van der Waals surface area (Å²) in [4.78, 5) is 39.9. The first-order chi connectivity index (χ1) is 15.4. The number of nitrogens with zero attached hydrogens (tertiary/aromatic N) is 3. The lowest BCUT2D eigenvalue weighted by molar-refractivity contribution is -0.117. The normalized spacial score (nSPS) is 13.8. The molecule has 4 rings (SSSR count). The maximum Gasteiger partial charge on any atom is 0.276 e. The van der Waals surface area contributed by atoms with E-state index in [1.54, 1.807) is 54.5 Å². The first kappa shape index (κ1) is 21.5. The van der Waals surface area contributed by atoms with Crippen LogP contribution in [-0.2, 0) is 11.3 Å². The average molecular weight is 434 g/mol. The van der Waals surface area contributed by atoms with Crippen molar-refractivity contribution in [3.8, 4) is 5.75 Å². The fraction of sp³-hybridized carbons (Fsp3) is 0.333. The summed E-state index contributed by atoms with van der Waals surface area (Å²) in [5.74, 6) is 0.356. The fourth-order valence-corrected chi connectivity index (χ4v) is 3.94. The molecule has 0 bridgehead atoms. The van der Waals surface area contributed by atoms with E-state index in [1.807, 2.05) is 13.8 Å². The van der Waals surface area contributed by atoms with E-state index < -0.39 is 5.91 Å². The third-order valence-electron chi connectivity index (χ3n) is 5.42. The molecule has 3 aromatic rings. The van der Waals surface area contributed by atoms with Gasteiger partial charge < -0.3 is 15.0 Å². The molecule has 2 aromatic carbocycles. The van der Waals surface area contributed by atoms with Gasteiger partial charge in [0, 0.05) is 30.6 Å². The summed E-state index contributed by atoms with van der Waals surface area (Å²) in [7, 11) is 1.55. The topological polar surface area (TPSA) is 93.5 Å². The van der Waals surface area contributed by atoms with Crippen LogP contribution in [0.3, 0.4) is 0 Å². The standard InChI is InChI=1S/C24H26N4O4/c1-15(2)14-28-24(31)18-8-5-4-7-17(18)22(26-28)23(30)25-16-10-11-20(32-3)19(13-16)27-12-6-9-21(27)29/h4-5,7-8,10-11,13,15H,6,9,12,14H2,1-3H3,(H,25,30). The molecule has 1 aliphatic heterocycles. The van der Waals surface area contributed by atoms with Crippen LogP contribution in [0.25, 0.3) is 10.8 Å². The molecule has 1 saturated heterocycles. The number of carbonyl (C=O) groups excluding carboxylic acids is 2. The van der Waals surface area contributed by atoms with Gasteiger partial charge in [0.15, 0.2) is 5.69 Å². The Morgan fingerprint density at radius 1 is 1.16 bits per heavy atom. The van der Waals surface area contributed by atoms with Gasteiger partial charge in [-0.15, -0.1) is 0 Å². The predicted molar refractivity (Wildman–Crippen MR) is 123 cm³/mol. The highest BCUT2D eigenvalue weighted by atomic mass is 16.5. The second kappa shape index (κ2) is 8.82. The number of fused-ring (bicyclic) bond motifs is 1. The molecule has 2 amide bonds. The predicted octanol–water partition coefficient (Wildman–Crippen LogP) is 3.44. The molecule has 0 saturated carbocycles. The van der Waals surface area contributed by atoms with Gasteiger partial charge in [-0.2, -0.15) is 5.10 Å². The van der Waals surface area contributed by atoms with Gasteiger partial charge in [0.2, 0.25) is 5.91 Å². The summed E-state index contributed by atoms with van der Waals surface area (Å²) in [6.45, 7) is 5.00. The molecule has 1 N–H and O–H groups in total. The van der Waals surface area contributed by atoms with Crippen molar-refractivity contribution < 1.29 is 14.3 Å². The Hall–Kier alpha value is -3.68. The number of amides is 2. The Balaban J connectivity index is 1.72. The SMILES string of the molecule is COc1ccc(NC(=O)c2nn(CC(C)C)c(=O)c3ccccc23)cc1N1CCCC1=O. The van der Waals surface area contributed by atoms with Crippen LogP contribution in [0.15, 0.2) is 47.3 Å². The Bertz CT molecular complexity index is 1250. The van der Waals surface area contributed by atoms with Gasteiger partial charge in [0.05, 0.1) is 18.2 Å². The van der Waals surface area contributed by atoms with Crippen molar-refractivity contribution >= 4 is 34.0 Å². The lowest BCUT2D eigenvalue weighted by atomic mass is 10.1. The molecular formula is C24H26N4O4. The third kappa shape index (κ3) is 4.08. The van der Waals surface area contributed by atoms with E-state index in [1.165, 1.54) is 4.68 Å². The molecule has 8 nitrogen and oxygen atoms in total. The maximum absolute atomic E-state index is 13.2. The number of rotatable bonds is 6. The highest BCUT2D eigenvalue weighted by molar-refractivity contribution is 6.11. The second-order valence-electron chi connectivity index (χ2n) is 8.26. The molecule has 0 spiro atoms. The number of benzene rings is 2. The van der Waals surface area contributed by atoms with Crippen molar-refractivity contribution in [1.82, 2.24) is 9.78 Å². The molecule has 0 radical (unpaired) electrons. The van der Waals surface area contributed by atoms with Crippen LogP contribution < -0.4 is 20.5 Å². The molecular weight excluding hydrogens is 408 g/mol. The zero-order valence-corrected chi connectivity index (χ0v) is 18.4. The van der Waals surface area contributed by atoms with Crippen molar-refractivity contribution in [2.45, 2.75) is 33.2 Å². The zero-order chi connectivity index (χ0) is 22.8. The van der Waals surface area contributed by atoms with Crippen LogP contribution in [0.5, 0.6) is 5.75 Å². The van der Waals surface area contributed by atoms with Gasteiger partial charge in [0.25, 0.3) is 11.5 Å². The second-order valence-corrected chi connectivity index (χ2v) is 8.26. The van der Waals surface area contributed by atoms with E-state index in [4.69, 9.17) is 4.74 Å². The van der Waals surface area contributed by atoms with E-state index >= 15 is 0 Å². The molecule has 1 fully saturated rings. The van der Waals surface area contributed by atoms with Crippen LogP contribution in [0, 0.1) is 5.92 Å². The largest absolute Gasteiger partial charge is 0.495 e. The van der Waals surface area contributed by atoms with Gasteiger partial charge in [-0.25, -0.2) is 4.68 Å². The molecule has 2 heterocycles. The fourth-order valence-electron chi connectivity index (χ4n) is 3.94. The summed E-state index contributed by atoms with van der Waals surface area (Å²) in [6.07, 6.45) is 1.28. The van der Waals surface area contributed by atoms with Crippen molar-refractivity contribution in [2.75, 3.05) is 23.9 Å². The van der Waals surface area contributed by atoms with Gasteiger partial charge >= 0.3 is 0 Å². The monoisotopic (exact) mass is 434 g/mol. The Labute approximate surface area is 185 Å². The minimum absolute atomic E-state index is 0.0280. The van der Waals surface area contributed by atoms with E-state index in [0.29, 0.717) is 47.4 Å². The molecule has 0 atom stereocenters. The third-order valence-corrected chi connectivity index (χ3v) is 5.42. The highest BCUT2D eigenvalue weighted by Crippen LogP contribution is 2.34. The lowest BCUT2D eigenvalue weighted by Crippen LogP contribution is -2.29.